The number of aromatic nitrogens is 2. The Morgan fingerprint density at radius 2 is 1.79 bits per heavy atom. The van der Waals surface area contributed by atoms with E-state index in [2.05, 4.69) is 25.9 Å². The van der Waals surface area contributed by atoms with E-state index in [-0.39, 0.29) is 24.7 Å². The lowest BCUT2D eigenvalue weighted by Crippen LogP contribution is -2.51. The van der Waals surface area contributed by atoms with E-state index in [1.54, 1.807) is 13.1 Å². The summed E-state index contributed by atoms with van der Waals surface area (Å²) >= 11 is 0. The van der Waals surface area contributed by atoms with Crippen LogP contribution in [0.5, 0.6) is 0 Å². The summed E-state index contributed by atoms with van der Waals surface area (Å²) in [7, 11) is 3.89. The van der Waals surface area contributed by atoms with Crippen LogP contribution in [-0.2, 0) is 16.0 Å². The number of amides is 2. The number of anilines is 2. The molecule has 1 aliphatic carbocycles. The largest absolute Gasteiger partial charge is 0.464 e. The molecule has 0 saturated heterocycles. The van der Waals surface area contributed by atoms with Crippen LogP contribution in [-0.4, -0.2) is 60.8 Å². The van der Waals surface area contributed by atoms with Gasteiger partial charge in [0, 0.05) is 38.8 Å². The fourth-order valence-electron chi connectivity index (χ4n) is 3.90. The van der Waals surface area contributed by atoms with Crippen molar-refractivity contribution in [3.8, 4) is 0 Å². The normalized spacial score (nSPS) is 18.6. The highest BCUT2D eigenvalue weighted by Gasteiger charge is 2.26. The van der Waals surface area contributed by atoms with Crippen LogP contribution < -0.4 is 20.9 Å². The lowest BCUT2D eigenvalue weighted by atomic mass is 9.91. The summed E-state index contributed by atoms with van der Waals surface area (Å²) in [5.74, 6) is 1.05. The van der Waals surface area contributed by atoms with E-state index >= 15 is 0 Å². The van der Waals surface area contributed by atoms with Gasteiger partial charge >= 0.3 is 12.0 Å². The minimum Gasteiger partial charge on any atom is -0.464 e. The number of hydrogen-bond acceptors (Lipinski definition) is 7. The van der Waals surface area contributed by atoms with Gasteiger partial charge in [-0.2, -0.15) is 4.98 Å². The number of carbonyl (C=O) groups excluding carboxylic acids is 2. The van der Waals surface area contributed by atoms with Gasteiger partial charge in [0.2, 0.25) is 5.95 Å². The van der Waals surface area contributed by atoms with Crippen LogP contribution in [0.15, 0.2) is 42.6 Å². The van der Waals surface area contributed by atoms with Crippen molar-refractivity contribution in [2.75, 3.05) is 30.9 Å². The summed E-state index contributed by atoms with van der Waals surface area (Å²) in [6, 6.07) is 10.7. The summed E-state index contributed by atoms with van der Waals surface area (Å²) < 4.78 is 5.16. The zero-order chi connectivity index (χ0) is 23.6. The maximum Gasteiger partial charge on any atom is 0.329 e. The third kappa shape index (κ3) is 7.62. The lowest BCUT2D eigenvalue weighted by Gasteiger charge is -2.30. The van der Waals surface area contributed by atoms with Crippen molar-refractivity contribution in [1.82, 2.24) is 20.6 Å². The van der Waals surface area contributed by atoms with Gasteiger partial charge in [0.05, 0.1) is 6.61 Å². The maximum absolute atomic E-state index is 12.6. The van der Waals surface area contributed by atoms with Gasteiger partial charge in [0.1, 0.15) is 11.9 Å². The molecule has 1 unspecified atom stereocenters. The minimum atomic E-state index is -0.730. The Hall–Kier alpha value is -3.36. The fraction of sp³-hybridized carbons (Fsp3) is 0.500. The van der Waals surface area contributed by atoms with Crippen molar-refractivity contribution in [1.29, 1.82) is 0 Å². The summed E-state index contributed by atoms with van der Waals surface area (Å²) in [4.78, 5) is 35.8. The summed E-state index contributed by atoms with van der Waals surface area (Å²) in [5.41, 5.74) is 0.961. The van der Waals surface area contributed by atoms with Crippen molar-refractivity contribution in [3.63, 3.8) is 0 Å². The highest BCUT2D eigenvalue weighted by molar-refractivity contribution is 5.84. The highest BCUT2D eigenvalue weighted by atomic mass is 16.5. The zero-order valence-corrected chi connectivity index (χ0v) is 19.6. The van der Waals surface area contributed by atoms with Crippen LogP contribution in [0.25, 0.3) is 0 Å². The van der Waals surface area contributed by atoms with Crippen molar-refractivity contribution in [2.24, 2.45) is 0 Å². The van der Waals surface area contributed by atoms with Crippen molar-refractivity contribution >= 4 is 23.8 Å². The Labute approximate surface area is 195 Å². The number of esters is 1. The third-order valence-corrected chi connectivity index (χ3v) is 5.65. The molecule has 1 aromatic heterocycles. The topological polar surface area (TPSA) is 108 Å². The van der Waals surface area contributed by atoms with Gasteiger partial charge in [-0.25, -0.2) is 14.6 Å². The molecule has 9 heteroatoms. The molecule has 3 N–H and O–H groups in total. The Balaban J connectivity index is 1.48. The van der Waals surface area contributed by atoms with E-state index in [0.29, 0.717) is 12.4 Å². The first-order valence-electron chi connectivity index (χ1n) is 11.5. The molecule has 1 fully saturated rings. The van der Waals surface area contributed by atoms with E-state index in [0.717, 1.165) is 37.1 Å². The predicted octanol–water partition coefficient (Wildman–Crippen LogP) is 2.74. The van der Waals surface area contributed by atoms with Crippen LogP contribution >= 0.6 is 0 Å². The maximum atomic E-state index is 12.6. The number of hydrogen-bond donors (Lipinski definition) is 3. The van der Waals surface area contributed by atoms with Crippen molar-refractivity contribution < 1.29 is 14.3 Å². The number of carbonyl (C=O) groups is 2. The number of rotatable bonds is 9. The van der Waals surface area contributed by atoms with Gasteiger partial charge in [-0.3, -0.25) is 0 Å². The van der Waals surface area contributed by atoms with E-state index in [1.807, 2.05) is 55.4 Å². The van der Waals surface area contributed by atoms with Gasteiger partial charge in [0.25, 0.3) is 0 Å². The van der Waals surface area contributed by atoms with E-state index in [4.69, 9.17) is 4.74 Å². The van der Waals surface area contributed by atoms with Crippen molar-refractivity contribution in [2.45, 2.75) is 57.2 Å². The quantitative estimate of drug-likeness (QED) is 0.500. The molecule has 1 aliphatic rings. The molecule has 0 radical (unpaired) electrons. The molecule has 1 aromatic carbocycles. The van der Waals surface area contributed by atoms with Gasteiger partial charge in [-0.15, -0.1) is 0 Å². The zero-order valence-electron chi connectivity index (χ0n) is 19.6. The average molecular weight is 455 g/mol. The predicted molar refractivity (Wildman–Crippen MR) is 128 cm³/mol. The SMILES string of the molecule is CCOC(=O)C(Cc1ccccc1)NC(=O)NC1CCC(Nc2nccc(N(C)C)n2)CC1. The molecule has 2 amide bonds. The Morgan fingerprint density at radius 3 is 2.45 bits per heavy atom. The standard InChI is InChI=1S/C24H34N6O3/c1-4-33-22(31)20(16-17-8-6-5-7-9-17)28-24(32)27-19-12-10-18(11-13-19)26-23-25-15-14-21(29-23)30(2)3/h5-9,14-15,18-20H,4,10-13,16H2,1-3H3,(H,25,26,29)(H2,27,28,32). The lowest BCUT2D eigenvalue weighted by molar-refractivity contribution is -0.145. The molecule has 0 bridgehead atoms. The number of nitrogens with one attached hydrogen (secondary N) is 3. The third-order valence-electron chi connectivity index (χ3n) is 5.65. The minimum absolute atomic E-state index is 0.0525. The first-order valence-corrected chi connectivity index (χ1v) is 11.5. The second kappa shape index (κ2) is 12.0. The Bertz CT molecular complexity index is 900. The summed E-state index contributed by atoms with van der Waals surface area (Å²) in [5, 5.41) is 9.22. The molecule has 33 heavy (non-hydrogen) atoms. The summed E-state index contributed by atoms with van der Waals surface area (Å²) in [6.45, 7) is 2.03. The molecule has 1 atom stereocenters. The average Bonchev–Trinajstić information content (AvgIpc) is 2.81. The van der Waals surface area contributed by atoms with Gasteiger partial charge in [-0.05, 0) is 44.2 Å². The number of urea groups is 1. The van der Waals surface area contributed by atoms with Crippen LogP contribution in [0.1, 0.15) is 38.2 Å². The molecular formula is C24H34N6O3. The Morgan fingerprint density at radius 1 is 1.09 bits per heavy atom. The van der Waals surface area contributed by atoms with Crippen molar-refractivity contribution in [3.05, 3.63) is 48.2 Å². The van der Waals surface area contributed by atoms with E-state index in [9.17, 15) is 9.59 Å². The molecule has 2 aromatic rings. The molecule has 1 saturated carbocycles. The summed E-state index contributed by atoms with van der Waals surface area (Å²) in [6.07, 6.45) is 5.59. The van der Waals surface area contributed by atoms with E-state index < -0.39 is 12.0 Å². The highest BCUT2D eigenvalue weighted by Crippen LogP contribution is 2.21. The molecular weight excluding hydrogens is 420 g/mol. The first-order chi connectivity index (χ1) is 15.9. The van der Waals surface area contributed by atoms with Gasteiger partial charge in [-0.1, -0.05) is 30.3 Å². The van der Waals surface area contributed by atoms with Crippen LogP contribution in [0.4, 0.5) is 16.6 Å². The molecule has 3 rings (SSSR count). The molecule has 1 heterocycles. The molecule has 0 spiro atoms. The van der Waals surface area contributed by atoms with E-state index in [1.165, 1.54) is 0 Å². The smallest absolute Gasteiger partial charge is 0.329 e. The monoisotopic (exact) mass is 454 g/mol. The van der Waals surface area contributed by atoms with Crippen LogP contribution in [0, 0.1) is 0 Å². The molecule has 178 valence electrons. The second-order valence-corrected chi connectivity index (χ2v) is 8.44. The fourth-order valence-corrected chi connectivity index (χ4v) is 3.90. The molecule has 0 aliphatic heterocycles. The number of benzene rings is 1. The second-order valence-electron chi connectivity index (χ2n) is 8.44. The van der Waals surface area contributed by atoms with Gasteiger partial charge < -0.3 is 25.6 Å². The number of nitrogens with zero attached hydrogens (tertiary/aromatic N) is 3. The van der Waals surface area contributed by atoms with Crippen LogP contribution in [0.2, 0.25) is 0 Å². The van der Waals surface area contributed by atoms with Crippen LogP contribution in [0.3, 0.4) is 0 Å². The number of ether oxygens (including phenoxy) is 1. The molecule has 9 nitrogen and oxygen atoms in total. The van der Waals surface area contributed by atoms with Gasteiger partial charge in [0.15, 0.2) is 0 Å². The Kier molecular flexibility index (Phi) is 8.86. The first kappa shape index (κ1) is 24.3.